The third kappa shape index (κ3) is 4.65. The molecule has 0 saturated carbocycles. The van der Waals surface area contributed by atoms with Gasteiger partial charge in [0.25, 0.3) is 0 Å². The summed E-state index contributed by atoms with van der Waals surface area (Å²) in [5, 5.41) is 7.54. The molecular formula is C13H14N2O6S. The highest BCUT2D eigenvalue weighted by atomic mass is 32.2. The van der Waals surface area contributed by atoms with Crippen LogP contribution in [0, 0.1) is 0 Å². The number of hydrogen-bond acceptors (Lipinski definition) is 7. The molecule has 0 fully saturated rings. The number of fused-ring (bicyclic) bond motifs is 1. The number of rotatable bonds is 4. The summed E-state index contributed by atoms with van der Waals surface area (Å²) in [5.74, 6) is -2.10. The second-order valence-electron chi connectivity index (χ2n) is 4.45. The Labute approximate surface area is 127 Å². The quantitative estimate of drug-likeness (QED) is 0.573. The summed E-state index contributed by atoms with van der Waals surface area (Å²) in [6.45, 7) is 0.645. The zero-order valence-electron chi connectivity index (χ0n) is 11.4. The van der Waals surface area contributed by atoms with E-state index >= 15 is 0 Å². The second kappa shape index (κ2) is 6.69. The standard InChI is InChI=1S/C13H14N2O6S/c14-22(18,19)21-12(17)6-5-11(16)20-13-10-4-2-1-3-9(10)7-8-15-13/h1-6,13,15H,7-8H2,(H2,14,18,19)/b6-5+. The van der Waals surface area contributed by atoms with Crippen LogP contribution in [0.5, 0.6) is 0 Å². The summed E-state index contributed by atoms with van der Waals surface area (Å²) in [5.41, 5.74) is 1.90. The van der Waals surface area contributed by atoms with E-state index in [1.54, 1.807) is 0 Å². The van der Waals surface area contributed by atoms with Crippen LogP contribution in [0.25, 0.3) is 0 Å². The molecule has 0 radical (unpaired) electrons. The van der Waals surface area contributed by atoms with Crippen LogP contribution in [0.3, 0.4) is 0 Å². The van der Waals surface area contributed by atoms with Gasteiger partial charge in [0.05, 0.1) is 0 Å². The number of ether oxygens (including phenoxy) is 1. The van der Waals surface area contributed by atoms with E-state index in [9.17, 15) is 18.0 Å². The smallest absolute Gasteiger partial charge is 0.382 e. The van der Waals surface area contributed by atoms with Crippen molar-refractivity contribution in [2.24, 2.45) is 5.14 Å². The first-order valence-corrected chi connectivity index (χ1v) is 7.78. The first-order valence-electron chi connectivity index (χ1n) is 6.31. The van der Waals surface area contributed by atoms with Crippen molar-refractivity contribution in [2.75, 3.05) is 6.54 Å². The van der Waals surface area contributed by atoms with Gasteiger partial charge in [-0.3, -0.25) is 5.32 Å². The summed E-state index contributed by atoms with van der Waals surface area (Å²) < 4.78 is 30.0. The molecule has 0 saturated heterocycles. The molecular weight excluding hydrogens is 312 g/mol. The first-order chi connectivity index (χ1) is 10.3. The lowest BCUT2D eigenvalue weighted by atomic mass is 10.00. The number of nitrogens with one attached hydrogen (secondary N) is 1. The van der Waals surface area contributed by atoms with Crippen LogP contribution >= 0.6 is 0 Å². The van der Waals surface area contributed by atoms with Crippen molar-refractivity contribution in [1.29, 1.82) is 0 Å². The van der Waals surface area contributed by atoms with Gasteiger partial charge in [-0.25, -0.2) is 9.59 Å². The summed E-state index contributed by atoms with van der Waals surface area (Å²) in [6.07, 6.45) is 1.59. The maximum atomic E-state index is 11.7. The third-order valence-corrected chi connectivity index (χ3v) is 3.25. The van der Waals surface area contributed by atoms with Crippen LogP contribution in [-0.4, -0.2) is 26.9 Å². The number of benzene rings is 1. The number of esters is 1. The minimum Gasteiger partial charge on any atom is -0.439 e. The largest absolute Gasteiger partial charge is 0.439 e. The first kappa shape index (κ1) is 16.1. The molecule has 8 nitrogen and oxygen atoms in total. The van der Waals surface area contributed by atoms with Gasteiger partial charge in [0, 0.05) is 24.3 Å². The molecule has 1 unspecified atom stereocenters. The Morgan fingerprint density at radius 2 is 1.91 bits per heavy atom. The molecule has 1 aromatic rings. The maximum absolute atomic E-state index is 11.7. The van der Waals surface area contributed by atoms with E-state index < -0.39 is 28.5 Å². The molecule has 3 N–H and O–H groups in total. The number of hydrogen-bond donors (Lipinski definition) is 2. The Bertz CT molecular complexity index is 713. The predicted molar refractivity (Wildman–Crippen MR) is 75.3 cm³/mol. The summed E-state index contributed by atoms with van der Waals surface area (Å²) in [6, 6.07) is 7.49. The van der Waals surface area contributed by atoms with Gasteiger partial charge in [0.1, 0.15) is 0 Å². The van der Waals surface area contributed by atoms with Gasteiger partial charge < -0.3 is 8.92 Å². The van der Waals surface area contributed by atoms with Crippen LogP contribution < -0.4 is 10.5 Å². The van der Waals surface area contributed by atoms with E-state index in [-0.39, 0.29) is 0 Å². The highest BCUT2D eigenvalue weighted by molar-refractivity contribution is 7.84. The molecule has 0 spiro atoms. The molecule has 118 valence electrons. The third-order valence-electron chi connectivity index (χ3n) is 2.85. The predicted octanol–water partition coefficient (Wildman–Crippen LogP) is -0.323. The molecule has 1 aromatic carbocycles. The molecule has 1 heterocycles. The molecule has 1 aliphatic rings. The van der Waals surface area contributed by atoms with Gasteiger partial charge in [-0.05, 0) is 12.0 Å². The lowest BCUT2D eigenvalue weighted by Crippen LogP contribution is -2.32. The highest BCUT2D eigenvalue weighted by Crippen LogP contribution is 2.23. The number of nitrogens with two attached hydrogens (primary N) is 1. The fourth-order valence-electron chi connectivity index (χ4n) is 2.00. The van der Waals surface area contributed by atoms with E-state index in [4.69, 9.17) is 4.74 Å². The van der Waals surface area contributed by atoms with Crippen LogP contribution in [0.1, 0.15) is 17.4 Å². The lowest BCUT2D eigenvalue weighted by Gasteiger charge is -2.26. The van der Waals surface area contributed by atoms with Crippen molar-refractivity contribution < 1.29 is 26.9 Å². The molecule has 2 rings (SSSR count). The summed E-state index contributed by atoms with van der Waals surface area (Å²) in [4.78, 5) is 22.7. The van der Waals surface area contributed by atoms with E-state index in [1.165, 1.54) is 0 Å². The zero-order valence-corrected chi connectivity index (χ0v) is 12.2. The van der Waals surface area contributed by atoms with E-state index in [0.717, 1.165) is 23.6 Å². The normalized spacial score (nSPS) is 17.8. The van der Waals surface area contributed by atoms with Crippen LogP contribution in [0.4, 0.5) is 0 Å². The monoisotopic (exact) mass is 326 g/mol. The summed E-state index contributed by atoms with van der Waals surface area (Å²) >= 11 is 0. The average Bonchev–Trinajstić information content (AvgIpc) is 2.44. The second-order valence-corrected chi connectivity index (χ2v) is 5.60. The Hall–Kier alpha value is -2.23. The fourth-order valence-corrected chi connectivity index (χ4v) is 2.29. The SMILES string of the molecule is NS(=O)(=O)OC(=O)/C=C/C(=O)OC1NCCc2ccccc21. The summed E-state index contributed by atoms with van der Waals surface area (Å²) in [7, 11) is -4.40. The van der Waals surface area contributed by atoms with Crippen molar-refractivity contribution >= 4 is 22.2 Å². The van der Waals surface area contributed by atoms with Gasteiger partial charge in [-0.2, -0.15) is 13.6 Å². The minimum absolute atomic E-state index is 0.626. The molecule has 0 bridgehead atoms. The van der Waals surface area contributed by atoms with E-state index in [2.05, 4.69) is 14.6 Å². The Balaban J connectivity index is 1.97. The number of carbonyl (C=O) groups excluding carboxylic acids is 2. The van der Waals surface area contributed by atoms with Crippen LogP contribution in [-0.2, 0) is 35.2 Å². The Kier molecular flexibility index (Phi) is 4.91. The lowest BCUT2D eigenvalue weighted by molar-refractivity contribution is -0.145. The highest BCUT2D eigenvalue weighted by Gasteiger charge is 2.21. The van der Waals surface area contributed by atoms with Crippen molar-refractivity contribution in [3.05, 3.63) is 47.5 Å². The Morgan fingerprint density at radius 3 is 2.64 bits per heavy atom. The van der Waals surface area contributed by atoms with Gasteiger partial charge >= 0.3 is 22.2 Å². The molecule has 22 heavy (non-hydrogen) atoms. The van der Waals surface area contributed by atoms with Crippen molar-refractivity contribution in [3.8, 4) is 0 Å². The van der Waals surface area contributed by atoms with Gasteiger partial charge in [0.2, 0.25) is 0 Å². The van der Waals surface area contributed by atoms with Crippen molar-refractivity contribution in [3.63, 3.8) is 0 Å². The molecule has 0 amide bonds. The molecule has 1 aliphatic heterocycles. The van der Waals surface area contributed by atoms with Crippen LogP contribution in [0.2, 0.25) is 0 Å². The van der Waals surface area contributed by atoms with Gasteiger partial charge in [-0.15, -0.1) is 0 Å². The molecule has 0 aromatic heterocycles. The molecule has 1 atom stereocenters. The molecule has 9 heteroatoms. The van der Waals surface area contributed by atoms with E-state index in [0.29, 0.717) is 12.6 Å². The van der Waals surface area contributed by atoms with Crippen molar-refractivity contribution in [2.45, 2.75) is 12.6 Å². The Morgan fingerprint density at radius 1 is 1.23 bits per heavy atom. The number of carbonyl (C=O) groups is 2. The fraction of sp³-hybridized carbons (Fsp3) is 0.231. The van der Waals surface area contributed by atoms with Gasteiger partial charge in [-0.1, -0.05) is 24.3 Å². The molecule has 0 aliphatic carbocycles. The zero-order chi connectivity index (χ0) is 16.2. The van der Waals surface area contributed by atoms with Gasteiger partial charge in [0.15, 0.2) is 6.23 Å². The topological polar surface area (TPSA) is 125 Å². The van der Waals surface area contributed by atoms with Crippen LogP contribution in [0.15, 0.2) is 36.4 Å². The maximum Gasteiger partial charge on any atom is 0.382 e. The average molecular weight is 326 g/mol. The minimum atomic E-state index is -4.40. The van der Waals surface area contributed by atoms with Crippen molar-refractivity contribution in [1.82, 2.24) is 5.32 Å². The van der Waals surface area contributed by atoms with E-state index in [1.807, 2.05) is 24.3 Å².